The van der Waals surface area contributed by atoms with Gasteiger partial charge in [0.1, 0.15) is 5.82 Å². The van der Waals surface area contributed by atoms with Crippen molar-refractivity contribution in [2.75, 3.05) is 6.54 Å². The van der Waals surface area contributed by atoms with Gasteiger partial charge in [0.2, 0.25) is 0 Å². The Hall–Kier alpha value is -0.710. The maximum absolute atomic E-state index is 13.2. The van der Waals surface area contributed by atoms with Gasteiger partial charge in [-0.3, -0.25) is 0 Å². The molecule has 4 heteroatoms. The Morgan fingerprint density at radius 1 is 1.39 bits per heavy atom. The normalized spacial score (nSPS) is 12.7. The van der Waals surface area contributed by atoms with Gasteiger partial charge in [-0.25, -0.2) is 4.39 Å². The Kier molecular flexibility index (Phi) is 4.54. The third-order valence-corrected chi connectivity index (χ3v) is 4.39. The molecule has 0 aliphatic heterocycles. The van der Waals surface area contributed by atoms with E-state index in [1.165, 1.54) is 11.6 Å². The molecule has 0 aliphatic rings. The smallest absolute Gasteiger partial charge is 0.123 e. The van der Waals surface area contributed by atoms with E-state index in [0.29, 0.717) is 0 Å². The van der Waals surface area contributed by atoms with Crippen molar-refractivity contribution in [3.63, 3.8) is 0 Å². The van der Waals surface area contributed by atoms with E-state index < -0.39 is 0 Å². The molecule has 1 atom stereocenters. The monoisotopic (exact) mass is 327 g/mol. The summed E-state index contributed by atoms with van der Waals surface area (Å²) in [6.45, 7) is 4.90. The number of halogens is 2. The highest BCUT2D eigenvalue weighted by Crippen LogP contribution is 2.31. The Labute approximate surface area is 119 Å². The number of hydrogen-bond acceptors (Lipinski definition) is 2. The number of aryl methyl sites for hydroxylation is 1. The van der Waals surface area contributed by atoms with E-state index in [9.17, 15) is 4.39 Å². The van der Waals surface area contributed by atoms with Crippen molar-refractivity contribution < 1.29 is 4.39 Å². The Balaban J connectivity index is 2.41. The topological polar surface area (TPSA) is 12.0 Å². The van der Waals surface area contributed by atoms with Crippen LogP contribution in [0.1, 0.15) is 29.7 Å². The van der Waals surface area contributed by atoms with E-state index >= 15 is 0 Å². The van der Waals surface area contributed by atoms with Gasteiger partial charge in [0.05, 0.1) is 9.83 Å². The van der Waals surface area contributed by atoms with E-state index in [4.69, 9.17) is 0 Å². The molecule has 96 valence electrons. The minimum atomic E-state index is -0.182. The van der Waals surface area contributed by atoms with Crippen LogP contribution < -0.4 is 5.32 Å². The van der Waals surface area contributed by atoms with Gasteiger partial charge in [-0.15, -0.1) is 11.3 Å². The second-order valence-electron chi connectivity index (χ2n) is 4.18. The lowest BCUT2D eigenvalue weighted by Crippen LogP contribution is -2.22. The van der Waals surface area contributed by atoms with Gasteiger partial charge in [-0.05, 0) is 69.7 Å². The van der Waals surface area contributed by atoms with Crippen LogP contribution in [0.2, 0.25) is 0 Å². The molecule has 0 saturated carbocycles. The molecule has 1 heterocycles. The number of rotatable bonds is 4. The average Bonchev–Trinajstić information content (AvgIpc) is 2.73. The summed E-state index contributed by atoms with van der Waals surface area (Å²) >= 11 is 5.15. The molecule has 1 aromatic carbocycles. The first-order valence-corrected chi connectivity index (χ1v) is 7.52. The SMILES string of the molecule is CCNC(c1csc(Br)c1)c1ccc(F)cc1C. The molecule has 1 unspecified atom stereocenters. The fourth-order valence-corrected chi connectivity index (χ4v) is 3.25. The van der Waals surface area contributed by atoms with Crippen LogP contribution in [0.25, 0.3) is 0 Å². The summed E-state index contributed by atoms with van der Waals surface area (Å²) in [5.74, 6) is -0.182. The van der Waals surface area contributed by atoms with Crippen molar-refractivity contribution in [2.45, 2.75) is 19.9 Å². The van der Waals surface area contributed by atoms with Crippen molar-refractivity contribution in [3.05, 3.63) is 55.9 Å². The third-order valence-electron chi connectivity index (χ3n) is 2.87. The standard InChI is InChI=1S/C14H15BrFNS/c1-3-17-14(10-7-13(15)18-8-10)12-5-4-11(16)6-9(12)2/h4-8,14,17H,3H2,1-2H3. The van der Waals surface area contributed by atoms with Crippen LogP contribution in [-0.4, -0.2) is 6.54 Å². The lowest BCUT2D eigenvalue weighted by Gasteiger charge is -2.19. The molecule has 0 aliphatic carbocycles. The van der Waals surface area contributed by atoms with Gasteiger partial charge in [0.15, 0.2) is 0 Å². The molecule has 0 spiro atoms. The predicted octanol–water partition coefficient (Wildman–Crippen LogP) is 4.66. The first-order chi connectivity index (χ1) is 8.61. The molecule has 0 fully saturated rings. The van der Waals surface area contributed by atoms with E-state index in [0.717, 1.165) is 21.5 Å². The molecule has 0 radical (unpaired) electrons. The molecular weight excluding hydrogens is 313 g/mol. The van der Waals surface area contributed by atoms with Crippen LogP contribution in [0.5, 0.6) is 0 Å². The maximum atomic E-state index is 13.2. The highest BCUT2D eigenvalue weighted by atomic mass is 79.9. The van der Waals surface area contributed by atoms with Crippen LogP contribution in [-0.2, 0) is 0 Å². The summed E-state index contributed by atoms with van der Waals surface area (Å²) in [5.41, 5.74) is 3.32. The van der Waals surface area contributed by atoms with E-state index in [2.05, 4.69) is 39.6 Å². The van der Waals surface area contributed by atoms with E-state index in [-0.39, 0.29) is 11.9 Å². The molecule has 0 saturated heterocycles. The number of benzene rings is 1. The quantitative estimate of drug-likeness (QED) is 0.861. The fourth-order valence-electron chi connectivity index (χ4n) is 2.05. The van der Waals surface area contributed by atoms with Gasteiger partial charge >= 0.3 is 0 Å². The number of nitrogens with one attached hydrogen (secondary N) is 1. The summed E-state index contributed by atoms with van der Waals surface area (Å²) in [6, 6.07) is 7.21. The molecule has 18 heavy (non-hydrogen) atoms. The third kappa shape index (κ3) is 2.99. The summed E-state index contributed by atoms with van der Waals surface area (Å²) in [4.78, 5) is 0. The summed E-state index contributed by atoms with van der Waals surface area (Å²) in [7, 11) is 0. The summed E-state index contributed by atoms with van der Waals surface area (Å²) < 4.78 is 14.3. The van der Waals surface area contributed by atoms with Crippen LogP contribution >= 0.6 is 27.3 Å². The minimum absolute atomic E-state index is 0.123. The van der Waals surface area contributed by atoms with Gasteiger partial charge in [0.25, 0.3) is 0 Å². The second kappa shape index (κ2) is 5.95. The van der Waals surface area contributed by atoms with E-state index in [1.807, 2.05) is 13.0 Å². The maximum Gasteiger partial charge on any atom is 0.123 e. The first kappa shape index (κ1) is 13.7. The number of thiophene rings is 1. The lowest BCUT2D eigenvalue weighted by molar-refractivity contribution is 0.610. The summed E-state index contributed by atoms with van der Waals surface area (Å²) in [6.07, 6.45) is 0. The minimum Gasteiger partial charge on any atom is -0.306 e. The predicted molar refractivity (Wildman–Crippen MR) is 78.7 cm³/mol. The molecule has 0 bridgehead atoms. The largest absolute Gasteiger partial charge is 0.306 e. The second-order valence-corrected chi connectivity index (χ2v) is 6.47. The van der Waals surface area contributed by atoms with Gasteiger partial charge in [-0.1, -0.05) is 13.0 Å². The van der Waals surface area contributed by atoms with E-state index in [1.54, 1.807) is 17.4 Å². The van der Waals surface area contributed by atoms with Crippen molar-refractivity contribution in [3.8, 4) is 0 Å². The number of hydrogen-bond donors (Lipinski definition) is 1. The Morgan fingerprint density at radius 3 is 2.72 bits per heavy atom. The van der Waals surface area contributed by atoms with Crippen LogP contribution in [0.4, 0.5) is 4.39 Å². The zero-order chi connectivity index (χ0) is 13.1. The Morgan fingerprint density at radius 2 is 2.17 bits per heavy atom. The van der Waals surface area contributed by atoms with Crippen molar-refractivity contribution >= 4 is 27.3 Å². The van der Waals surface area contributed by atoms with Crippen LogP contribution in [0.15, 0.2) is 33.4 Å². The summed E-state index contributed by atoms with van der Waals surface area (Å²) in [5, 5.41) is 5.58. The van der Waals surface area contributed by atoms with Crippen LogP contribution in [0, 0.1) is 12.7 Å². The van der Waals surface area contributed by atoms with Crippen molar-refractivity contribution in [1.82, 2.24) is 5.32 Å². The highest BCUT2D eigenvalue weighted by molar-refractivity contribution is 9.11. The zero-order valence-electron chi connectivity index (χ0n) is 10.3. The van der Waals surface area contributed by atoms with Crippen molar-refractivity contribution in [1.29, 1.82) is 0 Å². The molecule has 1 N–H and O–H groups in total. The molecule has 2 rings (SSSR count). The molecule has 1 aromatic heterocycles. The van der Waals surface area contributed by atoms with Gasteiger partial charge < -0.3 is 5.32 Å². The Bertz CT molecular complexity index is 538. The average molecular weight is 328 g/mol. The molecular formula is C14H15BrFNS. The fraction of sp³-hybridized carbons (Fsp3) is 0.286. The van der Waals surface area contributed by atoms with Gasteiger partial charge in [-0.2, -0.15) is 0 Å². The highest BCUT2D eigenvalue weighted by Gasteiger charge is 2.16. The molecule has 2 aromatic rings. The van der Waals surface area contributed by atoms with Crippen molar-refractivity contribution in [2.24, 2.45) is 0 Å². The lowest BCUT2D eigenvalue weighted by atomic mass is 9.97. The molecule has 1 nitrogen and oxygen atoms in total. The first-order valence-electron chi connectivity index (χ1n) is 5.85. The molecule has 0 amide bonds. The van der Waals surface area contributed by atoms with Crippen LogP contribution in [0.3, 0.4) is 0 Å². The van der Waals surface area contributed by atoms with Gasteiger partial charge in [0, 0.05) is 0 Å². The zero-order valence-corrected chi connectivity index (χ0v) is 12.7.